The topological polar surface area (TPSA) is 29.5 Å². The van der Waals surface area contributed by atoms with Crippen LogP contribution in [0.5, 0.6) is 0 Å². The van der Waals surface area contributed by atoms with Crippen molar-refractivity contribution in [2.24, 2.45) is 5.92 Å². The number of aliphatic hydroxyl groups is 1. The zero-order valence-corrected chi connectivity index (χ0v) is 9.10. The molecule has 0 fully saturated rings. The number of rotatable bonds is 6. The molecule has 1 atom stereocenters. The Balaban J connectivity index is 2.54. The van der Waals surface area contributed by atoms with Crippen LogP contribution >= 0.6 is 0 Å². The Morgan fingerprint density at radius 2 is 2.07 bits per heavy atom. The van der Waals surface area contributed by atoms with Crippen molar-refractivity contribution in [2.45, 2.75) is 12.8 Å². The number of benzene rings is 1. The maximum atomic E-state index is 8.94. The molecule has 0 amide bonds. The number of hydrogen-bond acceptors (Lipinski definition) is 2. The SMILES string of the molecule is CO/C=C/C(CCO)Cc1ccccc1. The quantitative estimate of drug-likeness (QED) is 0.724. The van der Waals surface area contributed by atoms with E-state index in [4.69, 9.17) is 9.84 Å². The summed E-state index contributed by atoms with van der Waals surface area (Å²) in [6.45, 7) is 0.214. The zero-order chi connectivity index (χ0) is 10.9. The summed E-state index contributed by atoms with van der Waals surface area (Å²) in [4.78, 5) is 0. The number of hydrogen-bond donors (Lipinski definition) is 1. The standard InChI is InChI=1S/C13H18O2/c1-15-10-8-13(7-9-14)11-12-5-3-2-4-6-12/h2-6,8,10,13-14H,7,9,11H2,1H3/b10-8+. The molecule has 1 unspecified atom stereocenters. The van der Waals surface area contributed by atoms with Crippen LogP contribution < -0.4 is 0 Å². The highest BCUT2D eigenvalue weighted by Crippen LogP contribution is 2.13. The summed E-state index contributed by atoms with van der Waals surface area (Å²) in [7, 11) is 1.63. The predicted molar refractivity (Wildman–Crippen MR) is 61.5 cm³/mol. The van der Waals surface area contributed by atoms with E-state index < -0.39 is 0 Å². The van der Waals surface area contributed by atoms with Gasteiger partial charge in [-0.05, 0) is 30.4 Å². The molecular weight excluding hydrogens is 188 g/mol. The van der Waals surface area contributed by atoms with Crippen LogP contribution in [0, 0.1) is 5.92 Å². The summed E-state index contributed by atoms with van der Waals surface area (Å²) in [6.07, 6.45) is 5.41. The highest BCUT2D eigenvalue weighted by Gasteiger charge is 2.05. The van der Waals surface area contributed by atoms with Gasteiger partial charge in [-0.2, -0.15) is 0 Å². The Morgan fingerprint density at radius 3 is 2.67 bits per heavy atom. The van der Waals surface area contributed by atoms with Gasteiger partial charge in [0, 0.05) is 6.61 Å². The van der Waals surface area contributed by atoms with E-state index in [9.17, 15) is 0 Å². The minimum absolute atomic E-state index is 0.214. The van der Waals surface area contributed by atoms with Crippen molar-refractivity contribution in [3.05, 3.63) is 48.2 Å². The van der Waals surface area contributed by atoms with Crippen molar-refractivity contribution in [3.8, 4) is 0 Å². The van der Waals surface area contributed by atoms with Gasteiger partial charge >= 0.3 is 0 Å². The largest absolute Gasteiger partial charge is 0.505 e. The maximum Gasteiger partial charge on any atom is 0.0787 e. The van der Waals surface area contributed by atoms with Gasteiger partial charge in [-0.1, -0.05) is 30.3 Å². The second-order valence-corrected chi connectivity index (χ2v) is 3.53. The van der Waals surface area contributed by atoms with Gasteiger partial charge in [-0.3, -0.25) is 0 Å². The van der Waals surface area contributed by atoms with Crippen molar-refractivity contribution >= 4 is 0 Å². The van der Waals surface area contributed by atoms with Gasteiger partial charge in [0.1, 0.15) is 0 Å². The van der Waals surface area contributed by atoms with Gasteiger partial charge in [0.2, 0.25) is 0 Å². The van der Waals surface area contributed by atoms with Crippen molar-refractivity contribution in [2.75, 3.05) is 13.7 Å². The van der Waals surface area contributed by atoms with E-state index in [0.29, 0.717) is 5.92 Å². The second kappa shape index (κ2) is 7.07. The first-order chi connectivity index (χ1) is 7.36. The summed E-state index contributed by atoms with van der Waals surface area (Å²) in [5.74, 6) is 0.345. The summed E-state index contributed by atoms with van der Waals surface area (Å²) >= 11 is 0. The number of methoxy groups -OCH3 is 1. The minimum atomic E-state index is 0.214. The van der Waals surface area contributed by atoms with E-state index in [2.05, 4.69) is 12.1 Å². The lowest BCUT2D eigenvalue weighted by Crippen LogP contribution is -2.04. The van der Waals surface area contributed by atoms with Crippen LogP contribution in [0.4, 0.5) is 0 Å². The molecule has 15 heavy (non-hydrogen) atoms. The second-order valence-electron chi connectivity index (χ2n) is 3.53. The molecule has 1 N–H and O–H groups in total. The molecule has 82 valence electrons. The van der Waals surface area contributed by atoms with Crippen LogP contribution in [-0.4, -0.2) is 18.8 Å². The molecule has 1 rings (SSSR count). The van der Waals surface area contributed by atoms with Crippen LogP contribution in [0.3, 0.4) is 0 Å². The highest BCUT2D eigenvalue weighted by atomic mass is 16.5. The summed E-state index contributed by atoms with van der Waals surface area (Å²) in [5, 5.41) is 8.94. The molecule has 0 spiro atoms. The fourth-order valence-corrected chi connectivity index (χ4v) is 1.54. The lowest BCUT2D eigenvalue weighted by Gasteiger charge is -2.10. The van der Waals surface area contributed by atoms with Gasteiger partial charge in [-0.15, -0.1) is 0 Å². The molecule has 0 bridgehead atoms. The molecule has 0 heterocycles. The Labute approximate surface area is 91.2 Å². The van der Waals surface area contributed by atoms with E-state index in [1.54, 1.807) is 13.4 Å². The first-order valence-electron chi connectivity index (χ1n) is 5.21. The average Bonchev–Trinajstić information content (AvgIpc) is 2.28. The molecule has 2 heteroatoms. The van der Waals surface area contributed by atoms with Crippen molar-refractivity contribution in [3.63, 3.8) is 0 Å². The lowest BCUT2D eigenvalue weighted by molar-refractivity contribution is 0.267. The van der Waals surface area contributed by atoms with Gasteiger partial charge in [0.15, 0.2) is 0 Å². The fraction of sp³-hybridized carbons (Fsp3) is 0.385. The molecule has 1 aromatic carbocycles. The Hall–Kier alpha value is -1.28. The molecule has 0 aliphatic heterocycles. The molecule has 2 nitrogen and oxygen atoms in total. The van der Waals surface area contributed by atoms with E-state index in [-0.39, 0.29) is 6.61 Å². The minimum Gasteiger partial charge on any atom is -0.505 e. The highest BCUT2D eigenvalue weighted by molar-refractivity contribution is 5.16. The van der Waals surface area contributed by atoms with Crippen LogP contribution in [0.25, 0.3) is 0 Å². The third-order valence-corrected chi connectivity index (χ3v) is 2.33. The van der Waals surface area contributed by atoms with Crippen molar-refractivity contribution < 1.29 is 9.84 Å². The van der Waals surface area contributed by atoms with Crippen LogP contribution in [0.1, 0.15) is 12.0 Å². The molecular formula is C13H18O2. The molecule has 0 saturated heterocycles. The number of ether oxygens (including phenoxy) is 1. The molecule has 0 radical (unpaired) electrons. The van der Waals surface area contributed by atoms with E-state index in [1.165, 1.54) is 5.56 Å². The van der Waals surface area contributed by atoms with E-state index >= 15 is 0 Å². The van der Waals surface area contributed by atoms with Crippen LogP contribution in [0.15, 0.2) is 42.7 Å². The Bertz CT molecular complexity index is 280. The third kappa shape index (κ3) is 4.66. The molecule has 0 saturated carbocycles. The summed E-state index contributed by atoms with van der Waals surface area (Å²) in [6, 6.07) is 10.3. The summed E-state index contributed by atoms with van der Waals surface area (Å²) in [5.41, 5.74) is 1.29. The van der Waals surface area contributed by atoms with Crippen LogP contribution in [0.2, 0.25) is 0 Å². The van der Waals surface area contributed by atoms with Crippen molar-refractivity contribution in [1.82, 2.24) is 0 Å². The molecule has 0 aliphatic rings. The number of allylic oxidation sites excluding steroid dienone is 1. The molecule has 0 aliphatic carbocycles. The maximum absolute atomic E-state index is 8.94. The van der Waals surface area contributed by atoms with Gasteiger partial charge in [0.05, 0.1) is 13.4 Å². The Morgan fingerprint density at radius 1 is 1.33 bits per heavy atom. The molecule has 0 aromatic heterocycles. The fourth-order valence-electron chi connectivity index (χ4n) is 1.54. The first kappa shape index (κ1) is 11.8. The van der Waals surface area contributed by atoms with Gasteiger partial charge in [0.25, 0.3) is 0 Å². The smallest absolute Gasteiger partial charge is 0.0787 e. The zero-order valence-electron chi connectivity index (χ0n) is 9.10. The van der Waals surface area contributed by atoms with E-state index in [1.807, 2.05) is 24.3 Å². The molecule has 1 aromatic rings. The van der Waals surface area contributed by atoms with Crippen LogP contribution in [-0.2, 0) is 11.2 Å². The normalized spacial score (nSPS) is 12.9. The summed E-state index contributed by atoms with van der Waals surface area (Å²) < 4.78 is 4.89. The predicted octanol–water partition coefficient (Wildman–Crippen LogP) is 2.39. The third-order valence-electron chi connectivity index (χ3n) is 2.33. The van der Waals surface area contributed by atoms with Gasteiger partial charge in [-0.25, -0.2) is 0 Å². The first-order valence-corrected chi connectivity index (χ1v) is 5.21. The Kier molecular flexibility index (Phi) is 5.56. The van der Waals surface area contributed by atoms with Crippen molar-refractivity contribution in [1.29, 1.82) is 0 Å². The average molecular weight is 206 g/mol. The monoisotopic (exact) mass is 206 g/mol. The number of aliphatic hydroxyl groups excluding tert-OH is 1. The lowest BCUT2D eigenvalue weighted by atomic mass is 9.97. The van der Waals surface area contributed by atoms with E-state index in [0.717, 1.165) is 12.8 Å². The van der Waals surface area contributed by atoms with Gasteiger partial charge < -0.3 is 9.84 Å².